The minimum atomic E-state index is -0.620. The molecule has 6 heteroatoms. The van der Waals surface area contributed by atoms with Crippen molar-refractivity contribution in [1.82, 2.24) is 10.5 Å². The highest BCUT2D eigenvalue weighted by molar-refractivity contribution is 5.93. The average molecular weight is 378 g/mol. The first kappa shape index (κ1) is 19.4. The Labute approximate surface area is 163 Å². The number of carbonyl (C=O) groups is 2. The number of esters is 1. The van der Waals surface area contributed by atoms with Crippen molar-refractivity contribution in [3.05, 3.63) is 88.8 Å². The fourth-order valence-corrected chi connectivity index (χ4v) is 3.00. The van der Waals surface area contributed by atoms with Gasteiger partial charge in [0.2, 0.25) is 0 Å². The number of nitrogens with one attached hydrogen (secondary N) is 1. The summed E-state index contributed by atoms with van der Waals surface area (Å²) >= 11 is 0. The zero-order valence-corrected chi connectivity index (χ0v) is 15.8. The molecule has 0 radical (unpaired) electrons. The lowest BCUT2D eigenvalue weighted by Crippen LogP contribution is -2.33. The Morgan fingerprint density at radius 2 is 1.68 bits per heavy atom. The molecule has 144 valence electrons. The van der Waals surface area contributed by atoms with Crippen molar-refractivity contribution in [1.29, 1.82) is 0 Å². The van der Waals surface area contributed by atoms with Gasteiger partial charge in [-0.25, -0.2) is 4.79 Å². The number of benzene rings is 2. The summed E-state index contributed by atoms with van der Waals surface area (Å²) in [7, 11) is 0. The molecule has 6 nitrogen and oxygen atoms in total. The zero-order chi connectivity index (χ0) is 19.9. The maximum Gasteiger partial charge on any atom is 0.344 e. The fraction of sp³-hybridized carbons (Fsp3) is 0.227. The summed E-state index contributed by atoms with van der Waals surface area (Å²) in [6, 6.07) is 19.4. The van der Waals surface area contributed by atoms with E-state index in [-0.39, 0.29) is 24.1 Å². The van der Waals surface area contributed by atoms with E-state index in [0.717, 1.165) is 11.1 Å². The van der Waals surface area contributed by atoms with Gasteiger partial charge in [-0.2, -0.15) is 0 Å². The second-order valence-corrected chi connectivity index (χ2v) is 6.50. The van der Waals surface area contributed by atoms with Crippen molar-refractivity contribution in [2.24, 2.45) is 0 Å². The van der Waals surface area contributed by atoms with E-state index >= 15 is 0 Å². The first-order valence-electron chi connectivity index (χ1n) is 9.03. The van der Waals surface area contributed by atoms with Crippen LogP contribution in [0.3, 0.4) is 0 Å². The van der Waals surface area contributed by atoms with Crippen LogP contribution >= 0.6 is 0 Å². The number of nitrogens with zero attached hydrogens (tertiary/aromatic N) is 1. The summed E-state index contributed by atoms with van der Waals surface area (Å²) in [6.45, 7) is 2.90. The molecular weight excluding hydrogens is 356 g/mol. The van der Waals surface area contributed by atoms with Crippen LogP contribution in [0, 0.1) is 13.8 Å². The van der Waals surface area contributed by atoms with Gasteiger partial charge in [0.05, 0.1) is 11.7 Å². The first-order valence-corrected chi connectivity index (χ1v) is 9.03. The van der Waals surface area contributed by atoms with Gasteiger partial charge in [0.1, 0.15) is 11.3 Å². The minimum Gasteiger partial charge on any atom is -0.452 e. The Balaban J connectivity index is 1.65. The number of amides is 1. The smallest absolute Gasteiger partial charge is 0.344 e. The van der Waals surface area contributed by atoms with Crippen molar-refractivity contribution in [2.45, 2.75) is 26.3 Å². The SMILES string of the molecule is Cc1noc(C)c1C(=O)OCC(=O)N[C@H](Cc1ccccc1)c1ccccc1. The molecule has 0 aliphatic rings. The summed E-state index contributed by atoms with van der Waals surface area (Å²) in [6.07, 6.45) is 0.633. The molecule has 0 unspecified atom stereocenters. The maximum absolute atomic E-state index is 12.4. The van der Waals surface area contributed by atoms with E-state index in [0.29, 0.717) is 17.9 Å². The maximum atomic E-state index is 12.4. The molecule has 3 aromatic rings. The van der Waals surface area contributed by atoms with Gasteiger partial charge in [-0.15, -0.1) is 0 Å². The van der Waals surface area contributed by atoms with Crippen LogP contribution in [-0.4, -0.2) is 23.6 Å². The molecule has 0 aliphatic heterocycles. The Bertz CT molecular complexity index is 916. The Morgan fingerprint density at radius 3 is 2.29 bits per heavy atom. The highest BCUT2D eigenvalue weighted by atomic mass is 16.5. The summed E-state index contributed by atoms with van der Waals surface area (Å²) in [5, 5.41) is 6.68. The highest BCUT2D eigenvalue weighted by Crippen LogP contribution is 2.18. The van der Waals surface area contributed by atoms with E-state index in [1.54, 1.807) is 13.8 Å². The van der Waals surface area contributed by atoms with Crippen molar-refractivity contribution in [3.8, 4) is 0 Å². The molecule has 2 aromatic carbocycles. The molecule has 1 aromatic heterocycles. The lowest BCUT2D eigenvalue weighted by atomic mass is 9.99. The first-order chi connectivity index (χ1) is 13.5. The second kappa shape index (κ2) is 8.99. The van der Waals surface area contributed by atoms with Crippen LogP contribution in [0.4, 0.5) is 0 Å². The molecule has 1 amide bonds. The molecule has 0 saturated carbocycles. The predicted molar refractivity (Wildman–Crippen MR) is 104 cm³/mol. The van der Waals surface area contributed by atoms with E-state index < -0.39 is 5.97 Å². The number of hydrogen-bond acceptors (Lipinski definition) is 5. The van der Waals surface area contributed by atoms with E-state index in [1.807, 2.05) is 60.7 Å². The third-order valence-corrected chi connectivity index (χ3v) is 4.39. The topological polar surface area (TPSA) is 81.4 Å². The molecule has 0 saturated heterocycles. The summed E-state index contributed by atoms with van der Waals surface area (Å²) in [5.74, 6) is -0.621. The Morgan fingerprint density at radius 1 is 1.04 bits per heavy atom. The Kier molecular flexibility index (Phi) is 6.22. The van der Waals surface area contributed by atoms with Crippen molar-refractivity contribution in [3.63, 3.8) is 0 Å². The average Bonchev–Trinajstić information content (AvgIpc) is 3.05. The molecule has 0 spiro atoms. The van der Waals surface area contributed by atoms with Crippen LogP contribution in [0.25, 0.3) is 0 Å². The monoisotopic (exact) mass is 378 g/mol. The molecule has 0 bridgehead atoms. The van der Waals surface area contributed by atoms with Crippen LogP contribution in [0.1, 0.15) is 39.0 Å². The van der Waals surface area contributed by atoms with Gasteiger partial charge in [-0.05, 0) is 31.4 Å². The largest absolute Gasteiger partial charge is 0.452 e. The number of hydrogen-bond donors (Lipinski definition) is 1. The zero-order valence-electron chi connectivity index (χ0n) is 15.8. The lowest BCUT2D eigenvalue weighted by Gasteiger charge is -2.19. The fourth-order valence-electron chi connectivity index (χ4n) is 3.00. The van der Waals surface area contributed by atoms with Crippen molar-refractivity contribution < 1.29 is 18.8 Å². The summed E-state index contributed by atoms with van der Waals surface area (Å²) < 4.78 is 10.1. The van der Waals surface area contributed by atoms with Gasteiger partial charge in [-0.1, -0.05) is 65.8 Å². The number of aryl methyl sites for hydroxylation is 2. The Hall–Kier alpha value is -3.41. The molecular formula is C22H22N2O4. The third-order valence-electron chi connectivity index (χ3n) is 4.39. The van der Waals surface area contributed by atoms with Crippen LogP contribution in [0.5, 0.6) is 0 Å². The molecule has 3 rings (SSSR count). The predicted octanol–water partition coefficient (Wildman–Crippen LogP) is 3.55. The molecule has 1 heterocycles. The van der Waals surface area contributed by atoms with Crippen LogP contribution in [0.15, 0.2) is 65.2 Å². The van der Waals surface area contributed by atoms with Gasteiger partial charge >= 0.3 is 5.97 Å². The van der Waals surface area contributed by atoms with Gasteiger partial charge in [-0.3, -0.25) is 4.79 Å². The van der Waals surface area contributed by atoms with Gasteiger partial charge in [0, 0.05) is 0 Å². The standard InChI is InChI=1S/C22H22N2O4/c1-15-21(16(2)28-24-15)22(26)27-14-20(25)23-19(18-11-7-4-8-12-18)13-17-9-5-3-6-10-17/h3-12,19H,13-14H2,1-2H3,(H,23,25)/t19-/m1/s1. The normalized spacial score (nSPS) is 11.6. The van der Waals surface area contributed by atoms with Gasteiger partial charge < -0.3 is 14.6 Å². The molecule has 0 aliphatic carbocycles. The van der Waals surface area contributed by atoms with E-state index in [9.17, 15) is 9.59 Å². The van der Waals surface area contributed by atoms with Crippen LogP contribution < -0.4 is 5.32 Å². The van der Waals surface area contributed by atoms with E-state index in [2.05, 4.69) is 10.5 Å². The number of carbonyl (C=O) groups excluding carboxylic acids is 2. The second-order valence-electron chi connectivity index (χ2n) is 6.50. The molecule has 1 atom stereocenters. The molecule has 1 N–H and O–H groups in total. The number of aromatic nitrogens is 1. The van der Waals surface area contributed by atoms with Crippen molar-refractivity contribution >= 4 is 11.9 Å². The quantitative estimate of drug-likeness (QED) is 0.636. The lowest BCUT2D eigenvalue weighted by molar-refractivity contribution is -0.125. The number of rotatable bonds is 7. The molecule has 28 heavy (non-hydrogen) atoms. The van der Waals surface area contributed by atoms with E-state index in [4.69, 9.17) is 9.26 Å². The summed E-state index contributed by atoms with van der Waals surface area (Å²) in [4.78, 5) is 24.6. The van der Waals surface area contributed by atoms with Crippen LogP contribution in [-0.2, 0) is 16.0 Å². The highest BCUT2D eigenvalue weighted by Gasteiger charge is 2.21. The van der Waals surface area contributed by atoms with E-state index in [1.165, 1.54) is 0 Å². The molecule has 0 fully saturated rings. The van der Waals surface area contributed by atoms with Crippen molar-refractivity contribution in [2.75, 3.05) is 6.61 Å². The van der Waals surface area contributed by atoms with Gasteiger partial charge in [0.25, 0.3) is 5.91 Å². The van der Waals surface area contributed by atoms with Crippen LogP contribution in [0.2, 0.25) is 0 Å². The third kappa shape index (κ3) is 4.85. The van der Waals surface area contributed by atoms with Gasteiger partial charge in [0.15, 0.2) is 6.61 Å². The summed E-state index contributed by atoms with van der Waals surface area (Å²) in [5.41, 5.74) is 2.78. The number of ether oxygens (including phenoxy) is 1. The minimum absolute atomic E-state index is 0.228.